The van der Waals surface area contributed by atoms with Gasteiger partial charge < -0.3 is 14.6 Å². The summed E-state index contributed by atoms with van der Waals surface area (Å²) < 4.78 is 10.4. The number of rotatable bonds is 7. The van der Waals surface area contributed by atoms with Crippen LogP contribution in [0.25, 0.3) is 6.08 Å². The van der Waals surface area contributed by atoms with E-state index in [0.29, 0.717) is 22.8 Å². The Hall–Kier alpha value is -1.95. The van der Waals surface area contributed by atoms with Crippen molar-refractivity contribution < 1.29 is 24.2 Å². The predicted octanol–water partition coefficient (Wildman–Crippen LogP) is 3.09. The first kappa shape index (κ1) is 17.1. The highest BCUT2D eigenvalue weighted by Gasteiger charge is 2.13. The Bertz CT molecular complexity index is 526. The van der Waals surface area contributed by atoms with Crippen LogP contribution in [-0.2, 0) is 4.79 Å². The minimum atomic E-state index is -1.04. The normalized spacial score (nSPS) is 10.6. The highest BCUT2D eigenvalue weighted by molar-refractivity contribution is 8.13. The minimum Gasteiger partial charge on any atom is -0.496 e. The average Bonchev–Trinajstić information content (AvgIpc) is 2.45. The third kappa shape index (κ3) is 5.15. The van der Waals surface area contributed by atoms with Crippen LogP contribution in [0.2, 0.25) is 0 Å². The van der Waals surface area contributed by atoms with E-state index >= 15 is 0 Å². The highest BCUT2D eigenvalue weighted by Crippen LogP contribution is 2.32. The molecule has 0 saturated carbocycles. The van der Waals surface area contributed by atoms with Gasteiger partial charge in [0.1, 0.15) is 11.5 Å². The van der Waals surface area contributed by atoms with E-state index in [-0.39, 0.29) is 10.7 Å². The lowest BCUT2D eigenvalue weighted by Crippen LogP contribution is -2.00. The molecule has 0 bridgehead atoms. The Morgan fingerprint density at radius 3 is 2.24 bits per heavy atom. The van der Waals surface area contributed by atoms with Crippen LogP contribution in [-0.4, -0.2) is 36.2 Å². The van der Waals surface area contributed by atoms with Crippen LogP contribution in [0.4, 0.5) is 0 Å². The zero-order chi connectivity index (χ0) is 15.8. The zero-order valence-electron chi connectivity index (χ0n) is 12.2. The predicted molar refractivity (Wildman–Crippen MR) is 83.3 cm³/mol. The molecule has 0 aliphatic rings. The van der Waals surface area contributed by atoms with E-state index in [2.05, 4.69) is 0 Å². The number of carboxylic acids is 1. The molecule has 0 heterocycles. The van der Waals surface area contributed by atoms with Gasteiger partial charge in [0.05, 0.1) is 25.3 Å². The number of hydrogen-bond acceptors (Lipinski definition) is 5. The molecule has 0 spiro atoms. The topological polar surface area (TPSA) is 72.8 Å². The molecule has 0 amide bonds. The number of ether oxygens (including phenoxy) is 2. The van der Waals surface area contributed by atoms with Crippen molar-refractivity contribution in [3.63, 3.8) is 0 Å². The zero-order valence-corrected chi connectivity index (χ0v) is 13.0. The van der Waals surface area contributed by atoms with Crippen molar-refractivity contribution in [1.29, 1.82) is 0 Å². The molecule has 6 heteroatoms. The van der Waals surface area contributed by atoms with Crippen LogP contribution in [0.15, 0.2) is 18.2 Å². The molecule has 0 radical (unpaired) electrons. The number of thioether (sulfide) groups is 1. The molecular formula is C15H18O5S. The highest BCUT2D eigenvalue weighted by atomic mass is 32.2. The lowest BCUT2D eigenvalue weighted by Gasteiger charge is -2.11. The Labute approximate surface area is 127 Å². The van der Waals surface area contributed by atoms with E-state index in [1.165, 1.54) is 45.0 Å². The monoisotopic (exact) mass is 310 g/mol. The first-order valence-corrected chi connectivity index (χ1v) is 7.27. The average molecular weight is 310 g/mol. The fraction of sp³-hybridized carbons (Fsp3) is 0.333. The van der Waals surface area contributed by atoms with Crippen LogP contribution < -0.4 is 9.47 Å². The standard InChI is InChI=1S/C15H18O5S/c1-10(16)21-7-5-4-6-12-13(19-2)8-11(15(17)18)9-14(12)20-3/h4,6,8-9H,5,7H2,1-3H3,(H,17,18). The van der Waals surface area contributed by atoms with E-state index < -0.39 is 5.97 Å². The third-order valence-electron chi connectivity index (χ3n) is 2.67. The van der Waals surface area contributed by atoms with Crippen molar-refractivity contribution in [1.82, 2.24) is 0 Å². The van der Waals surface area contributed by atoms with Crippen LogP contribution in [0.3, 0.4) is 0 Å². The first-order chi connectivity index (χ1) is 9.99. The summed E-state index contributed by atoms with van der Waals surface area (Å²) in [5.74, 6) is 0.522. The Balaban J connectivity index is 2.96. The Morgan fingerprint density at radius 2 is 1.81 bits per heavy atom. The van der Waals surface area contributed by atoms with Crippen molar-refractivity contribution >= 4 is 28.9 Å². The summed E-state index contributed by atoms with van der Waals surface area (Å²) in [5, 5.41) is 9.14. The van der Waals surface area contributed by atoms with Gasteiger partial charge in [0.25, 0.3) is 0 Å². The summed E-state index contributed by atoms with van der Waals surface area (Å²) in [4.78, 5) is 21.9. The van der Waals surface area contributed by atoms with Crippen molar-refractivity contribution in [3.05, 3.63) is 29.3 Å². The summed E-state index contributed by atoms with van der Waals surface area (Å²) >= 11 is 1.26. The molecule has 0 fully saturated rings. The van der Waals surface area contributed by atoms with Crippen LogP contribution >= 0.6 is 11.8 Å². The van der Waals surface area contributed by atoms with E-state index in [9.17, 15) is 9.59 Å². The maximum Gasteiger partial charge on any atom is 0.335 e. The van der Waals surface area contributed by atoms with Gasteiger partial charge in [0.15, 0.2) is 5.12 Å². The number of allylic oxidation sites excluding steroid dienone is 1. The van der Waals surface area contributed by atoms with Crippen molar-refractivity contribution in [2.45, 2.75) is 13.3 Å². The van der Waals surface area contributed by atoms with E-state index in [1.807, 2.05) is 12.2 Å². The van der Waals surface area contributed by atoms with Crippen molar-refractivity contribution in [2.75, 3.05) is 20.0 Å². The van der Waals surface area contributed by atoms with Gasteiger partial charge in [-0.1, -0.05) is 23.9 Å². The summed E-state index contributed by atoms with van der Waals surface area (Å²) in [7, 11) is 2.95. The maximum atomic E-state index is 11.0. The number of hydrogen-bond donors (Lipinski definition) is 1. The molecule has 0 unspecified atom stereocenters. The number of methoxy groups -OCH3 is 2. The van der Waals surface area contributed by atoms with Gasteiger partial charge in [-0.15, -0.1) is 0 Å². The van der Waals surface area contributed by atoms with Crippen LogP contribution in [0, 0.1) is 0 Å². The largest absolute Gasteiger partial charge is 0.496 e. The quantitative estimate of drug-likeness (QED) is 0.780. The van der Waals surface area contributed by atoms with Gasteiger partial charge in [0.2, 0.25) is 0 Å². The lowest BCUT2D eigenvalue weighted by molar-refractivity contribution is -0.109. The van der Waals surface area contributed by atoms with Gasteiger partial charge >= 0.3 is 5.97 Å². The van der Waals surface area contributed by atoms with Gasteiger partial charge in [-0.3, -0.25) is 4.79 Å². The molecule has 1 aromatic carbocycles. The molecule has 1 rings (SSSR count). The SMILES string of the molecule is COc1cc(C(=O)O)cc(OC)c1C=CCCSC(C)=O. The van der Waals surface area contributed by atoms with E-state index in [4.69, 9.17) is 14.6 Å². The molecule has 0 aromatic heterocycles. The molecule has 5 nitrogen and oxygen atoms in total. The van der Waals surface area contributed by atoms with Gasteiger partial charge in [-0.05, 0) is 18.6 Å². The maximum absolute atomic E-state index is 11.0. The molecule has 0 atom stereocenters. The molecule has 114 valence electrons. The second-order valence-corrected chi connectivity index (χ2v) is 5.40. The van der Waals surface area contributed by atoms with Crippen LogP contribution in [0.5, 0.6) is 11.5 Å². The molecular weight excluding hydrogens is 292 g/mol. The summed E-state index contributed by atoms with van der Waals surface area (Å²) in [6.07, 6.45) is 4.43. The molecule has 1 aromatic rings. The number of carbonyl (C=O) groups is 2. The summed E-state index contributed by atoms with van der Waals surface area (Å²) in [6.45, 7) is 1.53. The Morgan fingerprint density at radius 1 is 1.24 bits per heavy atom. The van der Waals surface area contributed by atoms with E-state index in [1.54, 1.807) is 0 Å². The Kier molecular flexibility index (Phi) is 6.81. The number of benzene rings is 1. The molecule has 0 aliphatic carbocycles. The molecule has 21 heavy (non-hydrogen) atoms. The number of aromatic carboxylic acids is 1. The number of carbonyl (C=O) groups excluding carboxylic acids is 1. The van der Waals surface area contributed by atoms with Gasteiger partial charge in [-0.2, -0.15) is 0 Å². The molecule has 0 aliphatic heterocycles. The van der Waals surface area contributed by atoms with Crippen molar-refractivity contribution in [2.24, 2.45) is 0 Å². The summed E-state index contributed by atoms with van der Waals surface area (Å²) in [6, 6.07) is 2.91. The number of carboxylic acid groups (broad SMARTS) is 1. The third-order valence-corrected chi connectivity index (χ3v) is 3.51. The smallest absolute Gasteiger partial charge is 0.335 e. The second-order valence-electron chi connectivity index (χ2n) is 4.13. The second kappa shape index (κ2) is 8.36. The lowest BCUT2D eigenvalue weighted by atomic mass is 10.1. The van der Waals surface area contributed by atoms with Gasteiger partial charge in [-0.25, -0.2) is 4.79 Å². The molecule has 1 N–H and O–H groups in total. The van der Waals surface area contributed by atoms with Gasteiger partial charge in [0, 0.05) is 12.7 Å². The first-order valence-electron chi connectivity index (χ1n) is 6.28. The minimum absolute atomic E-state index is 0.0874. The van der Waals surface area contributed by atoms with E-state index in [0.717, 1.165) is 6.42 Å². The van der Waals surface area contributed by atoms with Crippen LogP contribution in [0.1, 0.15) is 29.3 Å². The fourth-order valence-corrected chi connectivity index (χ4v) is 2.24. The summed E-state index contributed by atoms with van der Waals surface area (Å²) in [5.41, 5.74) is 0.783. The van der Waals surface area contributed by atoms with Crippen molar-refractivity contribution in [3.8, 4) is 11.5 Å². The fourth-order valence-electron chi connectivity index (χ4n) is 1.70. The molecule has 0 saturated heterocycles.